The third-order valence-corrected chi connectivity index (χ3v) is 5.19. The third-order valence-electron chi connectivity index (χ3n) is 5.19. The lowest BCUT2D eigenvalue weighted by atomic mass is 9.94. The van der Waals surface area contributed by atoms with Crippen LogP contribution in [0.1, 0.15) is 40.4 Å². The van der Waals surface area contributed by atoms with Crippen LogP contribution in [-0.2, 0) is 7.05 Å². The fourth-order valence-electron chi connectivity index (χ4n) is 3.62. The van der Waals surface area contributed by atoms with E-state index in [1.54, 1.807) is 30.9 Å². The second kappa shape index (κ2) is 10.6. The maximum atomic E-state index is 12.8. The van der Waals surface area contributed by atoms with Crippen LogP contribution in [0.2, 0.25) is 0 Å². The quantitative estimate of drug-likeness (QED) is 0.612. The summed E-state index contributed by atoms with van der Waals surface area (Å²) in [6.45, 7) is 3.56. The highest BCUT2D eigenvalue weighted by molar-refractivity contribution is 6.04. The second-order valence-electron chi connectivity index (χ2n) is 7.23. The molecule has 4 heterocycles. The minimum atomic E-state index is -0.608. The number of carbonyl (C=O) groups is 1. The van der Waals surface area contributed by atoms with Gasteiger partial charge in [-0.1, -0.05) is 6.07 Å². The van der Waals surface area contributed by atoms with E-state index in [2.05, 4.69) is 20.7 Å². The SMILES string of the molecule is Cc1cc(C2CCNCC2)oc(=O)c1C(=O)Nc1cc(-c2ccccn2)nn1C.Cl.Cl. The minimum Gasteiger partial charge on any atom is -0.427 e. The molecule has 1 fully saturated rings. The summed E-state index contributed by atoms with van der Waals surface area (Å²) in [4.78, 5) is 29.6. The van der Waals surface area contributed by atoms with Crippen molar-refractivity contribution in [2.45, 2.75) is 25.7 Å². The predicted octanol–water partition coefficient (Wildman–Crippen LogP) is 3.31. The van der Waals surface area contributed by atoms with Crippen molar-refractivity contribution >= 4 is 36.5 Å². The normalized spacial score (nSPS) is 13.7. The molecule has 0 aliphatic carbocycles. The van der Waals surface area contributed by atoms with Crippen molar-refractivity contribution in [2.24, 2.45) is 7.05 Å². The van der Waals surface area contributed by atoms with Crippen molar-refractivity contribution in [3.05, 3.63) is 63.8 Å². The van der Waals surface area contributed by atoms with E-state index in [1.807, 2.05) is 24.3 Å². The van der Waals surface area contributed by atoms with E-state index in [0.29, 0.717) is 28.5 Å². The van der Waals surface area contributed by atoms with Crippen molar-refractivity contribution < 1.29 is 9.21 Å². The lowest BCUT2D eigenvalue weighted by Gasteiger charge is -2.21. The summed E-state index contributed by atoms with van der Waals surface area (Å²) >= 11 is 0. The van der Waals surface area contributed by atoms with Crippen LogP contribution in [0.25, 0.3) is 11.4 Å². The van der Waals surface area contributed by atoms with Crippen LogP contribution >= 0.6 is 24.8 Å². The Bertz CT molecular complexity index is 1090. The predicted molar refractivity (Wildman–Crippen MR) is 123 cm³/mol. The smallest absolute Gasteiger partial charge is 0.349 e. The van der Waals surface area contributed by atoms with Crippen LogP contribution in [0.4, 0.5) is 5.82 Å². The van der Waals surface area contributed by atoms with E-state index < -0.39 is 11.5 Å². The number of anilines is 1. The highest BCUT2D eigenvalue weighted by Gasteiger charge is 2.23. The van der Waals surface area contributed by atoms with E-state index in [4.69, 9.17) is 4.42 Å². The van der Waals surface area contributed by atoms with Gasteiger partial charge < -0.3 is 15.1 Å². The van der Waals surface area contributed by atoms with Gasteiger partial charge in [-0.15, -0.1) is 24.8 Å². The van der Waals surface area contributed by atoms with Crippen LogP contribution in [0.5, 0.6) is 0 Å². The lowest BCUT2D eigenvalue weighted by Crippen LogP contribution is -2.28. The zero-order valence-electron chi connectivity index (χ0n) is 17.3. The fourth-order valence-corrected chi connectivity index (χ4v) is 3.62. The monoisotopic (exact) mass is 465 g/mol. The number of amides is 1. The molecule has 8 nitrogen and oxygen atoms in total. The van der Waals surface area contributed by atoms with Gasteiger partial charge >= 0.3 is 5.63 Å². The molecule has 3 aromatic heterocycles. The van der Waals surface area contributed by atoms with Crippen molar-refractivity contribution in [1.29, 1.82) is 0 Å². The average Bonchev–Trinajstić information content (AvgIpc) is 3.09. The van der Waals surface area contributed by atoms with Crippen molar-refractivity contribution in [3.63, 3.8) is 0 Å². The summed E-state index contributed by atoms with van der Waals surface area (Å²) in [5.41, 5.74) is 1.35. The number of piperidine rings is 1. The Morgan fingerprint density at radius 3 is 2.58 bits per heavy atom. The van der Waals surface area contributed by atoms with Gasteiger partial charge in [0.2, 0.25) is 0 Å². The zero-order valence-corrected chi connectivity index (χ0v) is 18.9. The Morgan fingerprint density at radius 2 is 1.94 bits per heavy atom. The van der Waals surface area contributed by atoms with Crippen molar-refractivity contribution in [2.75, 3.05) is 18.4 Å². The molecule has 0 radical (unpaired) electrons. The summed E-state index contributed by atoms with van der Waals surface area (Å²) in [5.74, 6) is 0.821. The first-order valence-electron chi connectivity index (χ1n) is 9.65. The van der Waals surface area contributed by atoms with Gasteiger partial charge in [0.15, 0.2) is 0 Å². The maximum Gasteiger partial charge on any atom is 0.349 e. The summed E-state index contributed by atoms with van der Waals surface area (Å²) in [7, 11) is 1.72. The van der Waals surface area contributed by atoms with E-state index in [1.165, 1.54) is 0 Å². The summed E-state index contributed by atoms with van der Waals surface area (Å²) < 4.78 is 7.06. The molecular formula is C21H25Cl2N5O3. The molecule has 0 saturated carbocycles. The molecule has 0 aromatic carbocycles. The molecule has 0 bridgehead atoms. The molecule has 0 spiro atoms. The summed E-state index contributed by atoms with van der Waals surface area (Å²) in [5, 5.41) is 10.4. The minimum absolute atomic E-state index is 0. The number of nitrogens with one attached hydrogen (secondary N) is 2. The molecule has 1 aliphatic heterocycles. The van der Waals surface area contributed by atoms with Crippen LogP contribution in [0.3, 0.4) is 0 Å². The van der Waals surface area contributed by atoms with Crippen molar-refractivity contribution in [3.8, 4) is 11.4 Å². The number of aryl methyl sites for hydroxylation is 2. The molecule has 1 amide bonds. The Balaban J connectivity index is 0.00000171. The first-order chi connectivity index (χ1) is 14.0. The number of pyridine rings is 1. The van der Waals surface area contributed by atoms with Gasteiger partial charge in [0.1, 0.15) is 22.8 Å². The van der Waals surface area contributed by atoms with Crippen LogP contribution in [0.15, 0.2) is 45.7 Å². The molecule has 4 rings (SSSR count). The largest absolute Gasteiger partial charge is 0.427 e. The summed E-state index contributed by atoms with van der Waals surface area (Å²) in [6.07, 6.45) is 3.51. The van der Waals surface area contributed by atoms with E-state index in [-0.39, 0.29) is 36.3 Å². The van der Waals surface area contributed by atoms with E-state index in [9.17, 15) is 9.59 Å². The first-order valence-corrected chi connectivity index (χ1v) is 9.65. The average molecular weight is 466 g/mol. The highest BCUT2D eigenvalue weighted by Crippen LogP contribution is 2.26. The van der Waals surface area contributed by atoms with Gasteiger partial charge in [-0.3, -0.25) is 14.5 Å². The molecule has 0 atom stereocenters. The molecule has 3 aromatic rings. The summed E-state index contributed by atoms with van der Waals surface area (Å²) in [6, 6.07) is 9.07. The van der Waals surface area contributed by atoms with Crippen molar-refractivity contribution in [1.82, 2.24) is 20.1 Å². The molecule has 2 N–H and O–H groups in total. The zero-order chi connectivity index (χ0) is 20.4. The standard InChI is InChI=1S/C21H23N5O3.2ClH/c1-13-11-17(14-6-9-22-10-7-14)29-21(28)19(13)20(27)24-18-12-16(25-26(18)2)15-5-3-4-8-23-15;;/h3-5,8,11-12,14,22H,6-7,9-10H2,1-2H3,(H,24,27);2*1H. The number of aromatic nitrogens is 3. The van der Waals surface area contributed by atoms with Gasteiger partial charge in [0.25, 0.3) is 5.91 Å². The van der Waals surface area contributed by atoms with Gasteiger partial charge in [-0.25, -0.2) is 4.79 Å². The Hall–Kier alpha value is -2.68. The van der Waals surface area contributed by atoms with Gasteiger partial charge in [-0.2, -0.15) is 5.10 Å². The van der Waals surface area contributed by atoms with Gasteiger partial charge in [-0.05, 0) is 56.6 Å². The topological polar surface area (TPSA) is 102 Å². The van der Waals surface area contributed by atoms with Crippen LogP contribution < -0.4 is 16.3 Å². The molecule has 0 unspecified atom stereocenters. The fraction of sp³-hybridized carbons (Fsp3) is 0.333. The molecular weight excluding hydrogens is 441 g/mol. The number of hydrogen-bond acceptors (Lipinski definition) is 6. The number of carbonyl (C=O) groups excluding carboxylic acids is 1. The number of hydrogen-bond donors (Lipinski definition) is 2. The van der Waals surface area contributed by atoms with E-state index in [0.717, 1.165) is 25.9 Å². The molecule has 1 saturated heterocycles. The number of rotatable bonds is 4. The third kappa shape index (κ3) is 5.33. The Morgan fingerprint density at radius 1 is 1.19 bits per heavy atom. The Labute approximate surface area is 192 Å². The number of halogens is 2. The molecule has 166 valence electrons. The van der Waals surface area contributed by atoms with Crippen LogP contribution in [-0.4, -0.2) is 33.8 Å². The maximum absolute atomic E-state index is 12.8. The highest BCUT2D eigenvalue weighted by atomic mass is 35.5. The second-order valence-corrected chi connectivity index (χ2v) is 7.23. The van der Waals surface area contributed by atoms with E-state index >= 15 is 0 Å². The molecule has 10 heteroatoms. The van der Waals surface area contributed by atoms with Gasteiger partial charge in [0, 0.05) is 25.2 Å². The Kier molecular flexibility index (Phi) is 8.38. The van der Waals surface area contributed by atoms with Crippen LogP contribution in [0, 0.1) is 6.92 Å². The van der Waals surface area contributed by atoms with Gasteiger partial charge in [0.05, 0.1) is 5.69 Å². The first kappa shape index (κ1) is 24.6. The molecule has 1 aliphatic rings. The number of nitrogens with zero attached hydrogens (tertiary/aromatic N) is 3. The molecule has 31 heavy (non-hydrogen) atoms. The lowest BCUT2D eigenvalue weighted by molar-refractivity contribution is 0.102.